The summed E-state index contributed by atoms with van der Waals surface area (Å²) in [5.41, 5.74) is 7.32. The molecule has 2 amide bonds. The number of unbranched alkanes of at least 4 members (excludes halogenated alkanes) is 2. The van der Waals surface area contributed by atoms with Crippen molar-refractivity contribution < 1.29 is 4.79 Å². The van der Waals surface area contributed by atoms with Gasteiger partial charge in [0.15, 0.2) is 0 Å². The van der Waals surface area contributed by atoms with E-state index in [-0.39, 0.29) is 0 Å². The first kappa shape index (κ1) is 12.6. The molecule has 0 saturated heterocycles. The maximum atomic E-state index is 11.4. The number of pyridine rings is 1. The number of amides is 2. The highest BCUT2D eigenvalue weighted by Crippen LogP contribution is 2.35. The number of nitrogens with zero attached hydrogens (tertiary/aromatic N) is 2. The predicted octanol–water partition coefficient (Wildman–Crippen LogP) is 3.16. The molecule has 96 valence electrons. The maximum Gasteiger partial charge on any atom is 0.323 e. The van der Waals surface area contributed by atoms with Gasteiger partial charge in [0.2, 0.25) is 0 Å². The number of primary amides is 1. The molecule has 0 radical (unpaired) electrons. The van der Waals surface area contributed by atoms with Crippen LogP contribution >= 0.6 is 0 Å². The number of rotatable bonds is 4. The Balaban J connectivity index is 2.21. The van der Waals surface area contributed by atoms with Crippen LogP contribution in [0.15, 0.2) is 30.7 Å². The Morgan fingerprint density at radius 1 is 1.50 bits per heavy atom. The predicted molar refractivity (Wildman–Crippen MR) is 72.3 cm³/mol. The topological polar surface area (TPSA) is 59.2 Å². The first-order valence-corrected chi connectivity index (χ1v) is 6.45. The molecule has 1 aliphatic rings. The normalized spacial score (nSPS) is 17.6. The third-order valence-corrected chi connectivity index (χ3v) is 3.31. The summed E-state index contributed by atoms with van der Waals surface area (Å²) in [6.07, 6.45) is 12.1. The largest absolute Gasteiger partial charge is 0.351 e. The van der Waals surface area contributed by atoms with Crippen molar-refractivity contribution in [2.45, 2.75) is 38.5 Å². The average Bonchev–Trinajstić information content (AvgIpc) is 2.38. The molecule has 0 spiro atoms. The number of hydrogen-bond donors (Lipinski definition) is 1. The number of aromatic nitrogens is 1. The van der Waals surface area contributed by atoms with Gasteiger partial charge in [0.25, 0.3) is 0 Å². The Labute approximate surface area is 108 Å². The van der Waals surface area contributed by atoms with Crippen LogP contribution in [-0.4, -0.2) is 11.0 Å². The van der Waals surface area contributed by atoms with Crippen LogP contribution in [0.25, 0.3) is 0 Å². The number of nitrogens with two attached hydrogens (primary N) is 1. The minimum Gasteiger partial charge on any atom is -0.351 e. The van der Waals surface area contributed by atoms with Crippen LogP contribution in [0.5, 0.6) is 0 Å². The highest BCUT2D eigenvalue weighted by atomic mass is 16.2. The van der Waals surface area contributed by atoms with Crippen molar-refractivity contribution in [1.82, 2.24) is 4.98 Å². The third-order valence-electron chi connectivity index (χ3n) is 3.31. The van der Waals surface area contributed by atoms with Crippen molar-refractivity contribution in [3.63, 3.8) is 0 Å². The molecule has 1 atom stereocenters. The quantitative estimate of drug-likeness (QED) is 0.828. The molecule has 2 heterocycles. The first-order valence-electron chi connectivity index (χ1n) is 6.45. The molecule has 0 fully saturated rings. The standard InChI is InChI=1S/C14H19N3O/c1-2-3-4-5-11-7-9-17(14(15)18)13-6-8-16-10-12(11)13/h6-11H,2-5H2,1H3,(H2,15,18). The van der Waals surface area contributed by atoms with Gasteiger partial charge in [0, 0.05) is 30.1 Å². The fraction of sp³-hybridized carbons (Fsp3) is 0.429. The average molecular weight is 245 g/mol. The van der Waals surface area contributed by atoms with Gasteiger partial charge in [-0.25, -0.2) is 4.79 Å². The fourth-order valence-corrected chi connectivity index (χ4v) is 2.34. The highest BCUT2D eigenvalue weighted by molar-refractivity contribution is 5.94. The summed E-state index contributed by atoms with van der Waals surface area (Å²) >= 11 is 0. The van der Waals surface area contributed by atoms with Crippen LogP contribution in [0.4, 0.5) is 10.5 Å². The second-order valence-electron chi connectivity index (χ2n) is 4.59. The van der Waals surface area contributed by atoms with Crippen LogP contribution in [0, 0.1) is 0 Å². The second-order valence-corrected chi connectivity index (χ2v) is 4.59. The van der Waals surface area contributed by atoms with E-state index in [1.807, 2.05) is 18.3 Å². The van der Waals surface area contributed by atoms with Crippen molar-refractivity contribution >= 4 is 11.7 Å². The smallest absolute Gasteiger partial charge is 0.323 e. The van der Waals surface area contributed by atoms with Crippen molar-refractivity contribution in [2.75, 3.05) is 4.90 Å². The molecule has 0 aromatic carbocycles. The van der Waals surface area contributed by atoms with Gasteiger partial charge in [-0.3, -0.25) is 9.88 Å². The first-order chi connectivity index (χ1) is 8.74. The summed E-state index contributed by atoms with van der Waals surface area (Å²) in [5.74, 6) is 0.343. The zero-order chi connectivity index (χ0) is 13.0. The van der Waals surface area contributed by atoms with Crippen molar-refractivity contribution in [3.05, 3.63) is 36.3 Å². The van der Waals surface area contributed by atoms with Gasteiger partial charge in [-0.05, 0) is 12.5 Å². The molecule has 0 aliphatic carbocycles. The van der Waals surface area contributed by atoms with E-state index in [1.165, 1.54) is 24.2 Å². The van der Waals surface area contributed by atoms with Crippen molar-refractivity contribution in [1.29, 1.82) is 0 Å². The van der Waals surface area contributed by atoms with E-state index < -0.39 is 6.03 Å². The summed E-state index contributed by atoms with van der Waals surface area (Å²) in [6.45, 7) is 2.20. The molecule has 18 heavy (non-hydrogen) atoms. The fourth-order valence-electron chi connectivity index (χ4n) is 2.34. The summed E-state index contributed by atoms with van der Waals surface area (Å²) < 4.78 is 0. The molecular formula is C14H19N3O. The third kappa shape index (κ3) is 2.53. The number of carbonyl (C=O) groups is 1. The number of allylic oxidation sites excluding steroid dienone is 1. The molecule has 0 bridgehead atoms. The minimum absolute atomic E-state index is 0.343. The molecule has 4 nitrogen and oxygen atoms in total. The van der Waals surface area contributed by atoms with Gasteiger partial charge in [0.1, 0.15) is 0 Å². The van der Waals surface area contributed by atoms with Crippen molar-refractivity contribution in [2.24, 2.45) is 5.73 Å². The Bertz CT molecular complexity index is 456. The zero-order valence-electron chi connectivity index (χ0n) is 10.7. The number of hydrogen-bond acceptors (Lipinski definition) is 2. The number of urea groups is 1. The van der Waals surface area contributed by atoms with E-state index >= 15 is 0 Å². The zero-order valence-corrected chi connectivity index (χ0v) is 10.7. The molecule has 0 saturated carbocycles. The summed E-state index contributed by atoms with van der Waals surface area (Å²) in [6, 6.07) is 1.39. The Hall–Kier alpha value is -1.84. The van der Waals surface area contributed by atoms with Crippen LogP contribution in [-0.2, 0) is 0 Å². The molecule has 4 heteroatoms. The Kier molecular flexibility index (Phi) is 3.97. The molecule has 2 rings (SSSR count). The lowest BCUT2D eigenvalue weighted by molar-refractivity contribution is 0.255. The maximum absolute atomic E-state index is 11.4. The lowest BCUT2D eigenvalue weighted by Crippen LogP contribution is -2.33. The van der Waals surface area contributed by atoms with Crippen LogP contribution in [0.1, 0.15) is 44.1 Å². The Morgan fingerprint density at radius 2 is 2.33 bits per heavy atom. The van der Waals surface area contributed by atoms with Crippen molar-refractivity contribution in [3.8, 4) is 0 Å². The monoisotopic (exact) mass is 245 g/mol. The van der Waals surface area contributed by atoms with Gasteiger partial charge >= 0.3 is 6.03 Å². The second kappa shape index (κ2) is 5.67. The van der Waals surface area contributed by atoms with E-state index in [0.717, 1.165) is 17.7 Å². The molecule has 1 aromatic rings. The SMILES string of the molecule is CCCCCC1C=CN(C(N)=O)c2ccncc21. The molecular weight excluding hydrogens is 226 g/mol. The summed E-state index contributed by atoms with van der Waals surface area (Å²) in [5, 5.41) is 0. The van der Waals surface area contributed by atoms with Crippen LogP contribution < -0.4 is 10.6 Å². The number of fused-ring (bicyclic) bond motifs is 1. The summed E-state index contributed by atoms with van der Waals surface area (Å²) in [4.78, 5) is 17.0. The molecule has 1 aliphatic heterocycles. The van der Waals surface area contributed by atoms with Gasteiger partial charge in [-0.1, -0.05) is 32.3 Å². The number of anilines is 1. The van der Waals surface area contributed by atoms with E-state index in [4.69, 9.17) is 5.73 Å². The molecule has 1 unspecified atom stereocenters. The van der Waals surface area contributed by atoms with E-state index in [2.05, 4.69) is 11.9 Å². The van der Waals surface area contributed by atoms with E-state index in [1.54, 1.807) is 12.4 Å². The highest BCUT2D eigenvalue weighted by Gasteiger charge is 2.23. The lowest BCUT2D eigenvalue weighted by Gasteiger charge is -2.27. The van der Waals surface area contributed by atoms with Gasteiger partial charge in [-0.15, -0.1) is 0 Å². The number of carbonyl (C=O) groups excluding carboxylic acids is 1. The summed E-state index contributed by atoms with van der Waals surface area (Å²) in [7, 11) is 0. The van der Waals surface area contributed by atoms with Crippen LogP contribution in [0.3, 0.4) is 0 Å². The van der Waals surface area contributed by atoms with Gasteiger partial charge < -0.3 is 5.73 Å². The van der Waals surface area contributed by atoms with Gasteiger partial charge in [-0.2, -0.15) is 0 Å². The lowest BCUT2D eigenvalue weighted by atomic mass is 9.91. The van der Waals surface area contributed by atoms with E-state index in [0.29, 0.717) is 5.92 Å². The van der Waals surface area contributed by atoms with Gasteiger partial charge in [0.05, 0.1) is 5.69 Å². The molecule has 1 aromatic heterocycles. The molecule has 2 N–H and O–H groups in total. The Morgan fingerprint density at radius 3 is 3.06 bits per heavy atom. The van der Waals surface area contributed by atoms with E-state index in [9.17, 15) is 4.79 Å². The van der Waals surface area contributed by atoms with Crippen LogP contribution in [0.2, 0.25) is 0 Å². The minimum atomic E-state index is -0.453.